The number of fused-ring (bicyclic) bond motifs is 3. The largest absolute Gasteiger partial charge is 0.506 e. The van der Waals surface area contributed by atoms with E-state index in [1.807, 2.05) is 30.5 Å². The number of rotatable bonds is 2. The van der Waals surface area contributed by atoms with Gasteiger partial charge in [0.25, 0.3) is 6.17 Å². The molecule has 0 saturated carbocycles. The fourth-order valence-electron chi connectivity index (χ4n) is 2.94. The molecule has 0 bridgehead atoms. The molecule has 0 fully saturated rings. The minimum atomic E-state index is -0.516. The standard InChI is InChI=1S/C17H13ClN4O2S/c1-25-17-20-16(24)14-9-5-2-3-7-11(9)19-15(22(14)21-17)10-6-4-8-12(23)13(10)18/h2-8,15H,1H3,(H2,20,21,23,24)/p+1/t15-/m0/s1. The van der Waals surface area contributed by atoms with Crippen LogP contribution in [-0.4, -0.2) is 21.4 Å². The molecular weight excluding hydrogens is 360 g/mol. The maximum atomic E-state index is 12.7. The lowest BCUT2D eigenvalue weighted by molar-refractivity contribution is -0.759. The Hall–Kier alpha value is -2.51. The molecule has 0 spiro atoms. The van der Waals surface area contributed by atoms with Crippen LogP contribution in [-0.2, 0) is 0 Å². The zero-order chi connectivity index (χ0) is 17.6. The number of nitrogens with zero attached hydrogens (tertiary/aromatic N) is 2. The van der Waals surface area contributed by atoms with Crippen molar-refractivity contribution in [2.45, 2.75) is 11.3 Å². The molecule has 3 N–H and O–H groups in total. The molecule has 4 rings (SSSR count). The summed E-state index contributed by atoms with van der Waals surface area (Å²) in [5.41, 5.74) is 2.41. The van der Waals surface area contributed by atoms with Gasteiger partial charge in [0.15, 0.2) is 0 Å². The van der Waals surface area contributed by atoms with E-state index in [0.717, 1.165) is 11.3 Å². The van der Waals surface area contributed by atoms with Crippen molar-refractivity contribution in [1.29, 1.82) is 0 Å². The van der Waals surface area contributed by atoms with Gasteiger partial charge in [-0.1, -0.05) is 41.6 Å². The van der Waals surface area contributed by atoms with Crippen LogP contribution >= 0.6 is 23.4 Å². The number of aromatic hydroxyl groups is 1. The van der Waals surface area contributed by atoms with Gasteiger partial charge in [0, 0.05) is 5.10 Å². The molecule has 3 aromatic rings. The van der Waals surface area contributed by atoms with Gasteiger partial charge in [-0.2, -0.15) is 0 Å². The first-order valence-corrected chi connectivity index (χ1v) is 9.14. The third kappa shape index (κ3) is 2.56. The summed E-state index contributed by atoms with van der Waals surface area (Å²) in [7, 11) is 0. The lowest BCUT2D eigenvalue weighted by atomic mass is 10.0. The van der Waals surface area contributed by atoms with Gasteiger partial charge < -0.3 is 10.4 Å². The number of nitrogens with one attached hydrogen (secondary N) is 2. The number of halogens is 1. The number of H-pyrrole nitrogens is 1. The highest BCUT2D eigenvalue weighted by Gasteiger charge is 2.38. The quantitative estimate of drug-likeness (QED) is 0.475. The van der Waals surface area contributed by atoms with Crippen LogP contribution in [0.2, 0.25) is 5.02 Å². The maximum Gasteiger partial charge on any atom is 0.325 e. The summed E-state index contributed by atoms with van der Waals surface area (Å²) in [6, 6.07) is 12.5. The van der Waals surface area contributed by atoms with Crippen molar-refractivity contribution in [2.24, 2.45) is 0 Å². The van der Waals surface area contributed by atoms with E-state index in [9.17, 15) is 9.90 Å². The Labute approximate surface area is 152 Å². The van der Waals surface area contributed by atoms with Gasteiger partial charge >= 0.3 is 11.3 Å². The van der Waals surface area contributed by atoms with Crippen molar-refractivity contribution >= 4 is 29.1 Å². The molecule has 0 radical (unpaired) electrons. The van der Waals surface area contributed by atoms with Gasteiger partial charge in [0.2, 0.25) is 5.16 Å². The Morgan fingerprint density at radius 2 is 2.04 bits per heavy atom. The number of phenols is 1. The topological polar surface area (TPSA) is 81.9 Å². The third-order valence-corrected chi connectivity index (χ3v) is 5.06. The Morgan fingerprint density at radius 1 is 1.24 bits per heavy atom. The Morgan fingerprint density at radius 3 is 2.84 bits per heavy atom. The number of hydrogen-bond donors (Lipinski definition) is 3. The summed E-state index contributed by atoms with van der Waals surface area (Å²) >= 11 is 7.66. The second-order valence-electron chi connectivity index (χ2n) is 5.53. The van der Waals surface area contributed by atoms with Crippen LogP contribution in [0, 0.1) is 0 Å². The lowest BCUT2D eigenvalue weighted by Gasteiger charge is -2.23. The molecule has 0 unspecified atom stereocenters. The lowest BCUT2D eigenvalue weighted by Crippen LogP contribution is -2.55. The fraction of sp³-hybridized carbons (Fsp3) is 0.118. The first-order chi connectivity index (χ1) is 12.1. The van der Waals surface area contributed by atoms with E-state index in [-0.39, 0.29) is 16.3 Å². The van der Waals surface area contributed by atoms with Crippen LogP contribution in [0.3, 0.4) is 0 Å². The summed E-state index contributed by atoms with van der Waals surface area (Å²) in [4.78, 5) is 15.5. The molecular formula is C17H14ClN4O2S+. The number of hydrogen-bond acceptors (Lipinski definition) is 5. The molecule has 1 aromatic heterocycles. The van der Waals surface area contributed by atoms with Gasteiger partial charge in [0.05, 0.1) is 21.8 Å². The van der Waals surface area contributed by atoms with Crippen molar-refractivity contribution in [3.8, 4) is 17.0 Å². The number of phenolic OH excluding ortho intramolecular Hbond substituents is 1. The van der Waals surface area contributed by atoms with Crippen LogP contribution in [0.15, 0.2) is 52.4 Å². The second-order valence-corrected chi connectivity index (χ2v) is 6.70. The summed E-state index contributed by atoms with van der Waals surface area (Å²) in [5, 5.41) is 18.6. The smallest absolute Gasteiger partial charge is 0.325 e. The molecule has 25 heavy (non-hydrogen) atoms. The predicted molar refractivity (Wildman–Crippen MR) is 97.1 cm³/mol. The molecule has 1 aliphatic rings. The highest BCUT2D eigenvalue weighted by Crippen LogP contribution is 2.36. The highest BCUT2D eigenvalue weighted by molar-refractivity contribution is 7.98. The van der Waals surface area contributed by atoms with Crippen LogP contribution in [0.1, 0.15) is 11.7 Å². The number of aromatic amines is 1. The molecule has 1 aliphatic heterocycles. The number of thioether (sulfide) groups is 1. The van der Waals surface area contributed by atoms with Crippen LogP contribution in [0.25, 0.3) is 11.3 Å². The normalized spacial score (nSPS) is 15.2. The maximum absolute atomic E-state index is 12.7. The molecule has 6 nitrogen and oxygen atoms in total. The first-order valence-electron chi connectivity index (χ1n) is 7.53. The van der Waals surface area contributed by atoms with Crippen LogP contribution < -0.4 is 15.6 Å². The molecule has 2 heterocycles. The summed E-state index contributed by atoms with van der Waals surface area (Å²) in [6.07, 6.45) is 1.32. The van der Waals surface area contributed by atoms with E-state index >= 15 is 0 Å². The molecule has 2 aromatic carbocycles. The zero-order valence-corrected chi connectivity index (χ0v) is 14.7. The zero-order valence-electron chi connectivity index (χ0n) is 13.2. The van der Waals surface area contributed by atoms with Gasteiger partial charge in [-0.05, 0) is 35.2 Å². The highest BCUT2D eigenvalue weighted by atomic mass is 35.5. The Balaban J connectivity index is 2.03. The Kier molecular flexibility index (Phi) is 3.89. The van der Waals surface area contributed by atoms with E-state index in [0.29, 0.717) is 16.4 Å². The summed E-state index contributed by atoms with van der Waals surface area (Å²) in [6.45, 7) is 0. The molecule has 0 saturated heterocycles. The summed E-state index contributed by atoms with van der Waals surface area (Å²) in [5.74, 6) is -0.0168. The van der Waals surface area contributed by atoms with Gasteiger partial charge in [-0.25, -0.2) is 0 Å². The number of anilines is 1. The SMILES string of the molecule is CSc1n[n+]2c(c(=O)[nH]1)-c1ccccc1N[C@@H]2c1cccc(O)c1Cl. The van der Waals surface area contributed by atoms with Crippen molar-refractivity contribution in [2.75, 3.05) is 11.6 Å². The minimum absolute atomic E-state index is 0.0168. The predicted octanol–water partition coefficient (Wildman–Crippen LogP) is 2.78. The molecule has 126 valence electrons. The number of para-hydroxylation sites is 1. The van der Waals surface area contributed by atoms with Crippen molar-refractivity contribution < 1.29 is 9.79 Å². The fourth-order valence-corrected chi connectivity index (χ4v) is 3.53. The second kappa shape index (κ2) is 6.09. The average molecular weight is 374 g/mol. The average Bonchev–Trinajstić information content (AvgIpc) is 2.63. The van der Waals surface area contributed by atoms with E-state index < -0.39 is 6.17 Å². The number of benzene rings is 2. The molecule has 1 atom stereocenters. The number of aromatic nitrogens is 3. The Bertz CT molecular complexity index is 1040. The van der Waals surface area contributed by atoms with Gasteiger partial charge in [0.1, 0.15) is 5.75 Å². The van der Waals surface area contributed by atoms with Crippen molar-refractivity contribution in [1.82, 2.24) is 10.1 Å². The molecule has 8 heteroatoms. The van der Waals surface area contributed by atoms with E-state index in [1.54, 1.807) is 16.8 Å². The third-order valence-electron chi connectivity index (χ3n) is 4.08. The molecule has 0 aliphatic carbocycles. The monoisotopic (exact) mass is 373 g/mol. The van der Waals surface area contributed by atoms with Crippen LogP contribution in [0.4, 0.5) is 5.69 Å². The van der Waals surface area contributed by atoms with E-state index in [2.05, 4.69) is 15.4 Å². The van der Waals surface area contributed by atoms with E-state index in [4.69, 9.17) is 11.6 Å². The van der Waals surface area contributed by atoms with Gasteiger partial charge in [-0.15, -0.1) is 0 Å². The minimum Gasteiger partial charge on any atom is -0.506 e. The van der Waals surface area contributed by atoms with E-state index in [1.165, 1.54) is 17.8 Å². The summed E-state index contributed by atoms with van der Waals surface area (Å²) < 4.78 is 1.62. The van der Waals surface area contributed by atoms with Crippen molar-refractivity contribution in [3.05, 3.63) is 63.4 Å². The van der Waals surface area contributed by atoms with Gasteiger partial charge in [-0.3, -0.25) is 9.78 Å². The van der Waals surface area contributed by atoms with Crippen LogP contribution in [0.5, 0.6) is 5.75 Å². The molecule has 0 amide bonds. The first kappa shape index (κ1) is 16.0. The van der Waals surface area contributed by atoms with Crippen molar-refractivity contribution in [3.63, 3.8) is 0 Å².